The molecule has 1 heterocycles. The smallest absolute Gasteiger partial charge is 0.389 e. The molecule has 1 aromatic heterocycles. The number of ether oxygens (including phenoxy) is 1. The molecule has 0 aromatic carbocycles. The molecule has 18 heavy (non-hydrogen) atoms. The van der Waals surface area contributed by atoms with E-state index in [1.807, 2.05) is 0 Å². The number of nitrogens with one attached hydrogen (secondary N) is 1. The molecule has 4 nitrogen and oxygen atoms in total. The fourth-order valence-corrected chi connectivity index (χ4v) is 1.20. The number of halogens is 3. The zero-order chi connectivity index (χ0) is 13.6. The van der Waals surface area contributed by atoms with Gasteiger partial charge in [-0.1, -0.05) is 12.2 Å². The number of nitrogens with two attached hydrogens (primary N) is 1. The molecular formula is C10H12F3N3OS. The van der Waals surface area contributed by atoms with Crippen molar-refractivity contribution in [2.24, 2.45) is 5.73 Å². The van der Waals surface area contributed by atoms with E-state index in [0.29, 0.717) is 11.4 Å². The average molecular weight is 279 g/mol. The van der Waals surface area contributed by atoms with Crippen molar-refractivity contribution in [1.29, 1.82) is 0 Å². The highest BCUT2D eigenvalue weighted by atomic mass is 32.1. The van der Waals surface area contributed by atoms with Gasteiger partial charge in [0.15, 0.2) is 0 Å². The van der Waals surface area contributed by atoms with Crippen molar-refractivity contribution >= 4 is 23.0 Å². The van der Waals surface area contributed by atoms with Crippen molar-refractivity contribution in [2.45, 2.75) is 6.18 Å². The molecule has 0 atom stereocenters. The summed E-state index contributed by atoms with van der Waals surface area (Å²) in [7, 11) is 0. The summed E-state index contributed by atoms with van der Waals surface area (Å²) in [4.78, 5) is 4.23. The predicted octanol–water partition coefficient (Wildman–Crippen LogP) is 1.71. The summed E-state index contributed by atoms with van der Waals surface area (Å²) >= 11 is 4.75. The standard InChI is InChI=1S/C10H12F3N3OS/c11-10(12,13)6-17-4-3-15-8-2-1-7(5-16-8)9(14)18/h1-2,5H,3-4,6H2,(H2,14,18)(H,15,16). The van der Waals surface area contributed by atoms with E-state index in [4.69, 9.17) is 18.0 Å². The normalized spacial score (nSPS) is 11.3. The van der Waals surface area contributed by atoms with Crippen LogP contribution in [-0.2, 0) is 4.74 Å². The third kappa shape index (κ3) is 5.78. The lowest BCUT2D eigenvalue weighted by molar-refractivity contribution is -0.172. The van der Waals surface area contributed by atoms with Crippen LogP contribution < -0.4 is 11.1 Å². The minimum Gasteiger partial charge on any atom is -0.389 e. The van der Waals surface area contributed by atoms with Crippen LogP contribution in [0.4, 0.5) is 19.0 Å². The van der Waals surface area contributed by atoms with Crippen molar-refractivity contribution in [3.8, 4) is 0 Å². The Hall–Kier alpha value is -1.41. The lowest BCUT2D eigenvalue weighted by Gasteiger charge is -2.09. The van der Waals surface area contributed by atoms with Gasteiger partial charge in [0.1, 0.15) is 17.4 Å². The minimum atomic E-state index is -4.29. The molecule has 0 spiro atoms. The van der Waals surface area contributed by atoms with Gasteiger partial charge in [0.2, 0.25) is 0 Å². The van der Waals surface area contributed by atoms with Crippen molar-refractivity contribution < 1.29 is 17.9 Å². The Balaban J connectivity index is 2.25. The van der Waals surface area contributed by atoms with Crippen LogP contribution in [0.15, 0.2) is 18.3 Å². The van der Waals surface area contributed by atoms with Gasteiger partial charge < -0.3 is 15.8 Å². The Morgan fingerprint density at radius 1 is 1.44 bits per heavy atom. The molecular weight excluding hydrogens is 267 g/mol. The van der Waals surface area contributed by atoms with Crippen LogP contribution in [0.25, 0.3) is 0 Å². The van der Waals surface area contributed by atoms with Crippen LogP contribution in [-0.4, -0.2) is 35.9 Å². The fourth-order valence-electron chi connectivity index (χ4n) is 1.08. The third-order valence-corrected chi connectivity index (χ3v) is 2.10. The second kappa shape index (κ2) is 6.50. The second-order valence-corrected chi connectivity index (χ2v) is 3.83. The molecule has 0 aliphatic heterocycles. The van der Waals surface area contributed by atoms with Crippen molar-refractivity contribution in [3.63, 3.8) is 0 Å². The van der Waals surface area contributed by atoms with Gasteiger partial charge in [-0.15, -0.1) is 0 Å². The first kappa shape index (κ1) is 14.7. The highest BCUT2D eigenvalue weighted by molar-refractivity contribution is 7.80. The van der Waals surface area contributed by atoms with E-state index in [2.05, 4.69) is 15.0 Å². The molecule has 8 heteroatoms. The van der Waals surface area contributed by atoms with E-state index in [-0.39, 0.29) is 18.1 Å². The number of anilines is 1. The molecule has 0 aliphatic rings. The van der Waals surface area contributed by atoms with E-state index in [1.54, 1.807) is 12.1 Å². The Morgan fingerprint density at radius 2 is 2.17 bits per heavy atom. The SMILES string of the molecule is NC(=S)c1ccc(NCCOCC(F)(F)F)nc1. The summed E-state index contributed by atoms with van der Waals surface area (Å²) in [6.07, 6.45) is -2.81. The van der Waals surface area contributed by atoms with Gasteiger partial charge in [-0.25, -0.2) is 4.98 Å². The molecule has 0 radical (unpaired) electrons. The lowest BCUT2D eigenvalue weighted by atomic mass is 10.3. The summed E-state index contributed by atoms with van der Waals surface area (Å²) in [5, 5.41) is 2.81. The van der Waals surface area contributed by atoms with E-state index in [9.17, 15) is 13.2 Å². The van der Waals surface area contributed by atoms with Crippen LogP contribution in [0, 0.1) is 0 Å². The van der Waals surface area contributed by atoms with Gasteiger partial charge in [0.25, 0.3) is 0 Å². The fraction of sp³-hybridized carbons (Fsp3) is 0.400. The Bertz CT molecular complexity index is 394. The first-order valence-corrected chi connectivity index (χ1v) is 5.43. The van der Waals surface area contributed by atoms with Gasteiger partial charge in [-0.2, -0.15) is 13.2 Å². The van der Waals surface area contributed by atoms with E-state index in [1.165, 1.54) is 6.20 Å². The molecule has 0 bridgehead atoms. The van der Waals surface area contributed by atoms with Gasteiger partial charge in [-0.05, 0) is 12.1 Å². The maximum absolute atomic E-state index is 11.7. The first-order valence-electron chi connectivity index (χ1n) is 5.03. The summed E-state index contributed by atoms with van der Waals surface area (Å²) in [5.74, 6) is 0.519. The molecule has 3 N–H and O–H groups in total. The molecule has 0 saturated heterocycles. The van der Waals surface area contributed by atoms with Crippen LogP contribution in [0.1, 0.15) is 5.56 Å². The number of hydrogen-bond acceptors (Lipinski definition) is 4. The summed E-state index contributed by atoms with van der Waals surface area (Å²) in [6.45, 7) is -1.07. The maximum atomic E-state index is 11.7. The zero-order valence-corrected chi connectivity index (χ0v) is 10.1. The summed E-state index contributed by atoms with van der Waals surface area (Å²) in [5.41, 5.74) is 6.02. The maximum Gasteiger partial charge on any atom is 0.411 e. The molecule has 0 amide bonds. The monoisotopic (exact) mass is 279 g/mol. The molecule has 0 fully saturated rings. The Kier molecular flexibility index (Phi) is 5.29. The highest BCUT2D eigenvalue weighted by Gasteiger charge is 2.27. The molecule has 1 rings (SSSR count). The predicted molar refractivity (Wildman–Crippen MR) is 65.5 cm³/mol. The Labute approximate surface area is 107 Å². The van der Waals surface area contributed by atoms with Crippen molar-refractivity contribution in [3.05, 3.63) is 23.9 Å². The third-order valence-electron chi connectivity index (χ3n) is 1.87. The number of aromatic nitrogens is 1. The average Bonchev–Trinajstić information content (AvgIpc) is 2.27. The number of hydrogen-bond donors (Lipinski definition) is 2. The first-order chi connectivity index (χ1) is 8.38. The van der Waals surface area contributed by atoms with E-state index < -0.39 is 12.8 Å². The van der Waals surface area contributed by atoms with Crippen LogP contribution in [0.2, 0.25) is 0 Å². The zero-order valence-electron chi connectivity index (χ0n) is 9.33. The largest absolute Gasteiger partial charge is 0.411 e. The van der Waals surface area contributed by atoms with Crippen molar-refractivity contribution in [1.82, 2.24) is 4.98 Å². The summed E-state index contributed by atoms with van der Waals surface area (Å²) in [6, 6.07) is 3.31. The molecule has 100 valence electrons. The second-order valence-electron chi connectivity index (χ2n) is 3.39. The number of rotatable bonds is 6. The van der Waals surface area contributed by atoms with Crippen LogP contribution in [0.5, 0.6) is 0 Å². The highest BCUT2D eigenvalue weighted by Crippen LogP contribution is 2.14. The van der Waals surface area contributed by atoms with E-state index >= 15 is 0 Å². The quantitative estimate of drug-likeness (QED) is 0.613. The molecule has 0 unspecified atom stereocenters. The summed E-state index contributed by atoms with van der Waals surface area (Å²) < 4.78 is 39.7. The van der Waals surface area contributed by atoms with Gasteiger partial charge in [0, 0.05) is 18.3 Å². The molecule has 1 aromatic rings. The lowest BCUT2D eigenvalue weighted by Crippen LogP contribution is -2.20. The number of pyridine rings is 1. The number of alkyl halides is 3. The van der Waals surface area contributed by atoms with Crippen molar-refractivity contribution in [2.75, 3.05) is 25.1 Å². The van der Waals surface area contributed by atoms with E-state index in [0.717, 1.165) is 0 Å². The number of thiocarbonyl (C=S) groups is 1. The number of nitrogens with zero attached hydrogens (tertiary/aromatic N) is 1. The molecule has 0 aliphatic carbocycles. The van der Waals surface area contributed by atoms with Crippen LogP contribution in [0.3, 0.4) is 0 Å². The topological polar surface area (TPSA) is 60.2 Å². The minimum absolute atomic E-state index is 0.0573. The van der Waals surface area contributed by atoms with Gasteiger partial charge in [0.05, 0.1) is 6.61 Å². The molecule has 0 saturated carbocycles. The van der Waals surface area contributed by atoms with Crippen LogP contribution >= 0.6 is 12.2 Å². The Morgan fingerprint density at radius 3 is 2.67 bits per heavy atom. The van der Waals surface area contributed by atoms with Gasteiger partial charge in [-0.3, -0.25) is 0 Å². The van der Waals surface area contributed by atoms with Gasteiger partial charge >= 0.3 is 6.18 Å².